The van der Waals surface area contributed by atoms with Gasteiger partial charge in [-0.2, -0.15) is 5.26 Å². The molecule has 1 saturated heterocycles. The Morgan fingerprint density at radius 1 is 1.67 bits per heavy atom. The van der Waals surface area contributed by atoms with Crippen molar-refractivity contribution in [3.8, 4) is 6.07 Å². The van der Waals surface area contributed by atoms with Crippen molar-refractivity contribution in [2.75, 3.05) is 13.1 Å². The van der Waals surface area contributed by atoms with Crippen molar-refractivity contribution >= 4 is 6.09 Å². The lowest BCUT2D eigenvalue weighted by molar-refractivity contribution is -0.106. The molecule has 0 saturated carbocycles. The van der Waals surface area contributed by atoms with Gasteiger partial charge in [0.1, 0.15) is 0 Å². The van der Waals surface area contributed by atoms with Crippen LogP contribution >= 0.6 is 0 Å². The van der Waals surface area contributed by atoms with E-state index in [2.05, 4.69) is 0 Å². The second kappa shape index (κ2) is 4.43. The monoisotopic (exact) mass is 218 g/mol. The number of hydrogen-bond acceptors (Lipinski definition) is 2. The van der Waals surface area contributed by atoms with Gasteiger partial charge in [0.2, 0.25) is 0 Å². The molecule has 0 radical (unpaired) electrons. The van der Waals surface area contributed by atoms with E-state index in [1.807, 2.05) is 6.07 Å². The lowest BCUT2D eigenvalue weighted by Crippen LogP contribution is -2.50. The normalized spacial score (nSPS) is 24.6. The van der Waals surface area contributed by atoms with E-state index in [1.54, 1.807) is 0 Å². The Balaban J connectivity index is 2.59. The number of halogens is 2. The van der Waals surface area contributed by atoms with Crippen LogP contribution < -0.4 is 0 Å². The van der Waals surface area contributed by atoms with Crippen LogP contribution in [0.3, 0.4) is 0 Å². The summed E-state index contributed by atoms with van der Waals surface area (Å²) in [6.07, 6.45) is -0.959. The van der Waals surface area contributed by atoms with E-state index in [9.17, 15) is 13.6 Å². The zero-order valence-corrected chi connectivity index (χ0v) is 8.12. The number of nitrogens with zero attached hydrogens (tertiary/aromatic N) is 2. The van der Waals surface area contributed by atoms with Crippen LogP contribution in [0, 0.1) is 17.2 Å². The highest BCUT2D eigenvalue weighted by molar-refractivity contribution is 5.65. The van der Waals surface area contributed by atoms with Gasteiger partial charge in [-0.15, -0.1) is 0 Å². The summed E-state index contributed by atoms with van der Waals surface area (Å²) in [4.78, 5) is 11.2. The van der Waals surface area contributed by atoms with Crippen LogP contribution in [0.2, 0.25) is 0 Å². The molecular formula is C9H12F2N2O2. The van der Waals surface area contributed by atoms with Crippen molar-refractivity contribution in [2.45, 2.75) is 25.2 Å². The Kier molecular flexibility index (Phi) is 3.45. The SMILES string of the molecule is N#CCCC1CCN(C(=O)O)CC1(F)F. The number of amides is 1. The molecule has 1 N–H and O–H groups in total. The molecule has 4 nitrogen and oxygen atoms in total. The van der Waals surface area contributed by atoms with E-state index in [-0.39, 0.29) is 25.8 Å². The molecule has 1 amide bonds. The maximum absolute atomic E-state index is 13.4. The molecule has 84 valence electrons. The number of alkyl halides is 2. The van der Waals surface area contributed by atoms with Gasteiger partial charge in [0.15, 0.2) is 0 Å². The first-order valence-corrected chi connectivity index (χ1v) is 4.70. The zero-order chi connectivity index (χ0) is 11.5. The summed E-state index contributed by atoms with van der Waals surface area (Å²) >= 11 is 0. The van der Waals surface area contributed by atoms with E-state index < -0.39 is 24.5 Å². The van der Waals surface area contributed by atoms with Gasteiger partial charge in [-0.1, -0.05) is 0 Å². The van der Waals surface area contributed by atoms with Gasteiger partial charge in [-0.3, -0.25) is 0 Å². The second-order valence-electron chi connectivity index (χ2n) is 3.65. The van der Waals surface area contributed by atoms with Crippen molar-refractivity contribution in [3.63, 3.8) is 0 Å². The van der Waals surface area contributed by atoms with Gasteiger partial charge in [-0.05, 0) is 12.8 Å². The second-order valence-corrected chi connectivity index (χ2v) is 3.65. The lowest BCUT2D eigenvalue weighted by Gasteiger charge is -2.36. The highest BCUT2D eigenvalue weighted by atomic mass is 19.3. The third-order valence-corrected chi connectivity index (χ3v) is 2.62. The molecule has 1 aliphatic heterocycles. The quantitative estimate of drug-likeness (QED) is 0.770. The fourth-order valence-corrected chi connectivity index (χ4v) is 1.74. The molecule has 1 heterocycles. The molecule has 6 heteroatoms. The van der Waals surface area contributed by atoms with Crippen molar-refractivity contribution in [2.24, 2.45) is 5.92 Å². The number of carbonyl (C=O) groups is 1. The Morgan fingerprint density at radius 3 is 2.80 bits per heavy atom. The van der Waals surface area contributed by atoms with Crippen LogP contribution in [0.5, 0.6) is 0 Å². The van der Waals surface area contributed by atoms with Gasteiger partial charge >= 0.3 is 6.09 Å². The van der Waals surface area contributed by atoms with Crippen LogP contribution in [0.4, 0.5) is 13.6 Å². The predicted molar refractivity (Wildman–Crippen MR) is 47.5 cm³/mol. The first kappa shape index (κ1) is 11.7. The Hall–Kier alpha value is -1.38. The van der Waals surface area contributed by atoms with Crippen molar-refractivity contribution in [3.05, 3.63) is 0 Å². The minimum atomic E-state index is -3.01. The van der Waals surface area contributed by atoms with Crippen LogP contribution in [0.15, 0.2) is 0 Å². The van der Waals surface area contributed by atoms with Gasteiger partial charge in [0.05, 0.1) is 12.6 Å². The molecule has 1 fully saturated rings. The van der Waals surface area contributed by atoms with Crippen molar-refractivity contribution in [1.29, 1.82) is 5.26 Å². The molecule has 0 bridgehead atoms. The first-order valence-electron chi connectivity index (χ1n) is 4.70. The Morgan fingerprint density at radius 2 is 2.33 bits per heavy atom. The van der Waals surface area contributed by atoms with E-state index in [0.29, 0.717) is 0 Å². The highest BCUT2D eigenvalue weighted by Crippen LogP contribution is 2.35. The molecule has 1 unspecified atom stereocenters. The number of likely N-dealkylation sites (tertiary alicyclic amines) is 1. The molecule has 15 heavy (non-hydrogen) atoms. The summed E-state index contributed by atoms with van der Waals surface area (Å²) in [6.45, 7) is -0.626. The van der Waals surface area contributed by atoms with Crippen molar-refractivity contribution < 1.29 is 18.7 Å². The van der Waals surface area contributed by atoms with E-state index in [1.165, 1.54) is 0 Å². The Labute approximate surface area is 86.1 Å². The molecule has 1 aliphatic rings. The molecule has 0 spiro atoms. The number of rotatable bonds is 2. The molecule has 0 aliphatic carbocycles. The third-order valence-electron chi connectivity index (χ3n) is 2.62. The topological polar surface area (TPSA) is 64.3 Å². The fraction of sp³-hybridized carbons (Fsp3) is 0.778. The molecular weight excluding hydrogens is 206 g/mol. The minimum absolute atomic E-state index is 0.0906. The zero-order valence-electron chi connectivity index (χ0n) is 8.12. The van der Waals surface area contributed by atoms with Crippen LogP contribution in [0.1, 0.15) is 19.3 Å². The summed E-state index contributed by atoms with van der Waals surface area (Å²) in [7, 11) is 0. The number of hydrogen-bond donors (Lipinski definition) is 1. The van der Waals surface area contributed by atoms with E-state index >= 15 is 0 Å². The lowest BCUT2D eigenvalue weighted by atomic mass is 9.89. The summed E-state index contributed by atoms with van der Waals surface area (Å²) in [6, 6.07) is 1.82. The number of carboxylic acid groups (broad SMARTS) is 1. The molecule has 0 aromatic carbocycles. The number of nitriles is 1. The first-order chi connectivity index (χ1) is 6.97. The largest absolute Gasteiger partial charge is 0.465 e. The maximum atomic E-state index is 13.4. The van der Waals surface area contributed by atoms with Gasteiger partial charge in [-0.25, -0.2) is 13.6 Å². The highest BCUT2D eigenvalue weighted by Gasteiger charge is 2.45. The summed E-state index contributed by atoms with van der Waals surface area (Å²) in [5.74, 6) is -3.87. The minimum Gasteiger partial charge on any atom is -0.465 e. The fourth-order valence-electron chi connectivity index (χ4n) is 1.74. The standard InChI is InChI=1S/C9H12F2N2O2/c10-9(11)6-13(8(14)15)5-3-7(9)2-1-4-12/h7H,1-3,5-6H2,(H,14,15). The summed E-state index contributed by atoms with van der Waals surface area (Å²) < 4.78 is 26.8. The number of piperidine rings is 1. The summed E-state index contributed by atoms with van der Waals surface area (Å²) in [5.41, 5.74) is 0. The molecule has 1 rings (SSSR count). The van der Waals surface area contributed by atoms with Crippen LogP contribution in [-0.2, 0) is 0 Å². The average Bonchev–Trinajstić information content (AvgIpc) is 2.14. The van der Waals surface area contributed by atoms with Gasteiger partial charge in [0, 0.05) is 18.9 Å². The van der Waals surface area contributed by atoms with Crippen LogP contribution in [-0.4, -0.2) is 35.1 Å². The van der Waals surface area contributed by atoms with Gasteiger partial charge < -0.3 is 10.0 Å². The smallest absolute Gasteiger partial charge is 0.407 e. The molecule has 0 aromatic heterocycles. The maximum Gasteiger partial charge on any atom is 0.407 e. The Bertz CT molecular complexity index is 288. The average molecular weight is 218 g/mol. The van der Waals surface area contributed by atoms with Crippen LogP contribution in [0.25, 0.3) is 0 Å². The predicted octanol–water partition coefficient (Wildman–Crippen LogP) is 1.93. The van der Waals surface area contributed by atoms with Gasteiger partial charge in [0.25, 0.3) is 5.92 Å². The van der Waals surface area contributed by atoms with E-state index in [0.717, 1.165) is 4.90 Å². The van der Waals surface area contributed by atoms with Crippen molar-refractivity contribution in [1.82, 2.24) is 4.90 Å². The summed E-state index contributed by atoms with van der Waals surface area (Å²) in [5, 5.41) is 16.9. The third kappa shape index (κ3) is 2.78. The molecule has 1 atom stereocenters. The molecule has 0 aromatic rings. The van der Waals surface area contributed by atoms with E-state index in [4.69, 9.17) is 10.4 Å².